The normalized spacial score (nSPS) is 20.2. The summed E-state index contributed by atoms with van der Waals surface area (Å²) in [7, 11) is 0. The molecule has 1 N–H and O–H groups in total. The summed E-state index contributed by atoms with van der Waals surface area (Å²) in [6.07, 6.45) is 4.75. The van der Waals surface area contributed by atoms with Gasteiger partial charge in [-0.2, -0.15) is 0 Å². The Morgan fingerprint density at radius 2 is 2.13 bits per heavy atom. The van der Waals surface area contributed by atoms with E-state index in [4.69, 9.17) is 16.0 Å². The molecule has 120 valence electrons. The highest BCUT2D eigenvalue weighted by Gasteiger charge is 2.47. The summed E-state index contributed by atoms with van der Waals surface area (Å²) in [6.45, 7) is 1.03. The lowest BCUT2D eigenvalue weighted by Crippen LogP contribution is -2.56. The molecule has 0 unspecified atom stereocenters. The number of carbonyl (C=O) groups is 2. The minimum Gasteiger partial charge on any atom is -0.463 e. The van der Waals surface area contributed by atoms with Crippen LogP contribution in [0.5, 0.6) is 0 Å². The maximum absolute atomic E-state index is 13.2. The van der Waals surface area contributed by atoms with Crippen LogP contribution in [0.25, 0.3) is 11.0 Å². The molecular weight excluding hydrogens is 316 g/mol. The third kappa shape index (κ3) is 2.22. The van der Waals surface area contributed by atoms with E-state index in [0.717, 1.165) is 24.6 Å². The van der Waals surface area contributed by atoms with Crippen LogP contribution in [0, 0.1) is 0 Å². The highest BCUT2D eigenvalue weighted by Crippen LogP contribution is 2.42. The van der Waals surface area contributed by atoms with Crippen molar-refractivity contribution in [3.05, 3.63) is 35.0 Å². The quantitative estimate of drug-likeness (QED) is 0.873. The fourth-order valence-corrected chi connectivity index (χ4v) is 3.92. The SMILES string of the molecule is O=C1CC2(CCC2)N(C(=O)c2ccc(Cl)c3occc23)CCN1. The molecule has 1 aromatic carbocycles. The number of rotatable bonds is 1. The van der Waals surface area contributed by atoms with Crippen LogP contribution in [0.2, 0.25) is 5.02 Å². The number of hydrogen-bond acceptors (Lipinski definition) is 3. The number of nitrogens with one attached hydrogen (secondary N) is 1. The van der Waals surface area contributed by atoms with Gasteiger partial charge in [-0.25, -0.2) is 0 Å². The van der Waals surface area contributed by atoms with Crippen molar-refractivity contribution in [2.24, 2.45) is 0 Å². The van der Waals surface area contributed by atoms with Crippen molar-refractivity contribution in [2.75, 3.05) is 13.1 Å². The van der Waals surface area contributed by atoms with E-state index >= 15 is 0 Å². The molecule has 0 atom stereocenters. The fraction of sp³-hybridized carbons (Fsp3) is 0.412. The molecule has 5 nitrogen and oxygen atoms in total. The maximum Gasteiger partial charge on any atom is 0.255 e. The minimum absolute atomic E-state index is 0.0320. The number of benzene rings is 1. The van der Waals surface area contributed by atoms with Crippen molar-refractivity contribution < 1.29 is 14.0 Å². The van der Waals surface area contributed by atoms with Crippen molar-refractivity contribution in [3.63, 3.8) is 0 Å². The highest BCUT2D eigenvalue weighted by atomic mass is 35.5. The first-order valence-corrected chi connectivity index (χ1v) is 8.23. The summed E-state index contributed by atoms with van der Waals surface area (Å²) in [5.41, 5.74) is 0.788. The van der Waals surface area contributed by atoms with E-state index in [2.05, 4.69) is 5.32 Å². The summed E-state index contributed by atoms with van der Waals surface area (Å²) >= 11 is 6.13. The summed E-state index contributed by atoms with van der Waals surface area (Å²) in [4.78, 5) is 27.0. The molecule has 23 heavy (non-hydrogen) atoms. The fourth-order valence-electron chi connectivity index (χ4n) is 3.71. The van der Waals surface area contributed by atoms with Crippen LogP contribution in [0.15, 0.2) is 28.9 Å². The Kier molecular flexibility index (Phi) is 3.34. The van der Waals surface area contributed by atoms with Crippen LogP contribution in [0.1, 0.15) is 36.0 Å². The Balaban J connectivity index is 1.76. The summed E-state index contributed by atoms with van der Waals surface area (Å²) in [6, 6.07) is 5.20. The van der Waals surface area contributed by atoms with E-state index in [1.807, 2.05) is 4.90 Å². The van der Waals surface area contributed by atoms with Gasteiger partial charge in [0.2, 0.25) is 5.91 Å². The van der Waals surface area contributed by atoms with Gasteiger partial charge in [-0.05, 0) is 37.5 Å². The molecule has 2 fully saturated rings. The van der Waals surface area contributed by atoms with Gasteiger partial charge in [-0.1, -0.05) is 11.6 Å². The van der Waals surface area contributed by atoms with Crippen LogP contribution in [-0.2, 0) is 4.79 Å². The van der Waals surface area contributed by atoms with E-state index in [1.54, 1.807) is 24.5 Å². The van der Waals surface area contributed by atoms with Crippen LogP contribution in [0.4, 0.5) is 0 Å². The molecule has 1 saturated carbocycles. The number of halogens is 1. The number of amides is 2. The first kappa shape index (κ1) is 14.6. The van der Waals surface area contributed by atoms with Crippen molar-refractivity contribution in [1.29, 1.82) is 0 Å². The van der Waals surface area contributed by atoms with Gasteiger partial charge < -0.3 is 14.6 Å². The Hall–Kier alpha value is -2.01. The number of fused-ring (bicyclic) bond motifs is 1. The average Bonchev–Trinajstić information content (AvgIpc) is 2.91. The van der Waals surface area contributed by atoms with E-state index in [9.17, 15) is 9.59 Å². The van der Waals surface area contributed by atoms with Gasteiger partial charge in [0.15, 0.2) is 5.58 Å². The topological polar surface area (TPSA) is 62.6 Å². The number of furan rings is 1. The monoisotopic (exact) mass is 332 g/mol. The standard InChI is InChI=1S/C17H17ClN2O3/c18-13-3-2-12(11-4-9-23-15(11)13)16(22)20-8-7-19-14(21)10-17(20)5-1-6-17/h2-4,9H,1,5-8,10H2,(H,19,21). The van der Waals surface area contributed by atoms with Crippen molar-refractivity contribution >= 4 is 34.4 Å². The Morgan fingerprint density at radius 1 is 1.30 bits per heavy atom. The molecule has 2 amide bonds. The molecule has 2 heterocycles. The van der Waals surface area contributed by atoms with Gasteiger partial charge in [-0.3, -0.25) is 9.59 Å². The lowest BCUT2D eigenvalue weighted by atomic mass is 9.72. The molecule has 6 heteroatoms. The van der Waals surface area contributed by atoms with Crippen molar-refractivity contribution in [1.82, 2.24) is 10.2 Å². The molecule has 1 aliphatic heterocycles. The molecule has 0 bridgehead atoms. The molecule has 1 aromatic heterocycles. The minimum atomic E-state index is -0.326. The lowest BCUT2D eigenvalue weighted by molar-refractivity contribution is -0.123. The molecule has 0 radical (unpaired) electrons. The first-order chi connectivity index (χ1) is 11.1. The van der Waals surface area contributed by atoms with Crippen molar-refractivity contribution in [2.45, 2.75) is 31.2 Å². The van der Waals surface area contributed by atoms with E-state index < -0.39 is 0 Å². The number of carbonyl (C=O) groups excluding carboxylic acids is 2. The van der Waals surface area contributed by atoms with Gasteiger partial charge in [0.05, 0.1) is 22.4 Å². The largest absolute Gasteiger partial charge is 0.463 e. The molecular formula is C17H17ClN2O3. The predicted octanol–water partition coefficient (Wildman–Crippen LogP) is 2.97. The molecule has 1 spiro atoms. The molecule has 4 rings (SSSR count). The van der Waals surface area contributed by atoms with Crippen LogP contribution < -0.4 is 5.32 Å². The lowest BCUT2D eigenvalue weighted by Gasteiger charge is -2.48. The second-order valence-corrected chi connectivity index (χ2v) is 6.73. The second kappa shape index (κ2) is 5.27. The summed E-state index contributed by atoms with van der Waals surface area (Å²) < 4.78 is 5.39. The third-order valence-corrected chi connectivity index (χ3v) is 5.35. The van der Waals surface area contributed by atoms with Gasteiger partial charge in [0.25, 0.3) is 5.91 Å². The van der Waals surface area contributed by atoms with E-state index in [-0.39, 0.29) is 17.4 Å². The van der Waals surface area contributed by atoms with E-state index in [0.29, 0.717) is 35.7 Å². The smallest absolute Gasteiger partial charge is 0.255 e. The molecule has 1 saturated heterocycles. The van der Waals surface area contributed by atoms with Gasteiger partial charge in [-0.15, -0.1) is 0 Å². The van der Waals surface area contributed by atoms with Gasteiger partial charge in [0, 0.05) is 24.9 Å². The van der Waals surface area contributed by atoms with Crippen LogP contribution in [-0.4, -0.2) is 35.3 Å². The average molecular weight is 333 g/mol. The Bertz CT molecular complexity index is 794. The number of hydrogen-bond donors (Lipinski definition) is 1. The zero-order valence-electron chi connectivity index (χ0n) is 12.6. The Labute approximate surface area is 138 Å². The zero-order valence-corrected chi connectivity index (χ0v) is 13.4. The second-order valence-electron chi connectivity index (χ2n) is 6.32. The third-order valence-electron chi connectivity index (χ3n) is 5.05. The van der Waals surface area contributed by atoms with Gasteiger partial charge >= 0.3 is 0 Å². The van der Waals surface area contributed by atoms with Gasteiger partial charge in [0.1, 0.15) is 0 Å². The highest BCUT2D eigenvalue weighted by molar-refractivity contribution is 6.35. The Morgan fingerprint density at radius 3 is 2.87 bits per heavy atom. The van der Waals surface area contributed by atoms with Crippen LogP contribution >= 0.6 is 11.6 Å². The molecule has 2 aliphatic rings. The zero-order chi connectivity index (χ0) is 16.0. The summed E-state index contributed by atoms with van der Waals surface area (Å²) in [5, 5.41) is 4.09. The van der Waals surface area contributed by atoms with E-state index in [1.165, 1.54) is 0 Å². The maximum atomic E-state index is 13.2. The molecule has 1 aliphatic carbocycles. The first-order valence-electron chi connectivity index (χ1n) is 7.85. The summed E-state index contributed by atoms with van der Waals surface area (Å²) in [5.74, 6) is -0.0196. The molecule has 2 aromatic rings. The predicted molar refractivity (Wildman–Crippen MR) is 86.5 cm³/mol. The number of nitrogens with zero attached hydrogens (tertiary/aromatic N) is 1. The van der Waals surface area contributed by atoms with Crippen LogP contribution in [0.3, 0.4) is 0 Å². The van der Waals surface area contributed by atoms with Crippen molar-refractivity contribution in [3.8, 4) is 0 Å².